The molecule has 2 heterocycles. The number of rotatable bonds is 2. The van der Waals surface area contributed by atoms with Crippen LogP contribution in [0.4, 0.5) is 0 Å². The number of thiol groups is 1. The highest BCUT2D eigenvalue weighted by Crippen LogP contribution is 2.20. The zero-order chi connectivity index (χ0) is 9.10. The van der Waals surface area contributed by atoms with Crippen molar-refractivity contribution in [1.82, 2.24) is 9.97 Å². The van der Waals surface area contributed by atoms with Crippen molar-refractivity contribution in [2.75, 3.05) is 0 Å². The number of nitrogens with zero attached hydrogens (tertiary/aromatic N) is 2. The van der Waals surface area contributed by atoms with Crippen LogP contribution in [0.5, 0.6) is 0 Å². The average Bonchev–Trinajstić information content (AvgIpc) is 2.67. The van der Waals surface area contributed by atoms with Crippen LogP contribution in [0.3, 0.4) is 0 Å². The lowest BCUT2D eigenvalue weighted by Gasteiger charge is -1.92. The molecule has 0 saturated carbocycles. The van der Waals surface area contributed by atoms with Crippen LogP contribution in [0.1, 0.15) is 5.01 Å². The highest BCUT2D eigenvalue weighted by molar-refractivity contribution is 7.79. The zero-order valence-corrected chi connectivity index (χ0v) is 8.55. The average molecular weight is 208 g/mol. The van der Waals surface area contributed by atoms with Gasteiger partial charge in [0.05, 0.1) is 11.4 Å². The van der Waals surface area contributed by atoms with E-state index in [-0.39, 0.29) is 0 Å². The molecule has 66 valence electrons. The van der Waals surface area contributed by atoms with Crippen molar-refractivity contribution in [3.63, 3.8) is 0 Å². The van der Waals surface area contributed by atoms with E-state index in [4.69, 9.17) is 0 Å². The highest BCUT2D eigenvalue weighted by atomic mass is 32.1. The highest BCUT2D eigenvalue weighted by Gasteiger charge is 2.02. The molecule has 0 spiro atoms. The fraction of sp³-hybridized carbons (Fsp3) is 0.111. The Balaban J connectivity index is 2.36. The van der Waals surface area contributed by atoms with Gasteiger partial charge in [-0.1, -0.05) is 6.07 Å². The predicted octanol–water partition coefficient (Wildman–Crippen LogP) is 2.63. The molecule has 0 bridgehead atoms. The molecular weight excluding hydrogens is 200 g/mol. The van der Waals surface area contributed by atoms with Crippen molar-refractivity contribution in [3.8, 4) is 11.4 Å². The molecule has 0 atom stereocenters. The lowest BCUT2D eigenvalue weighted by atomic mass is 10.3. The Bertz CT molecular complexity index is 384. The largest absolute Gasteiger partial charge is 0.255 e. The Morgan fingerprint density at radius 1 is 1.31 bits per heavy atom. The van der Waals surface area contributed by atoms with Gasteiger partial charge >= 0.3 is 0 Å². The molecule has 0 aliphatic rings. The summed E-state index contributed by atoms with van der Waals surface area (Å²) in [5, 5.41) is 3.04. The molecule has 2 nitrogen and oxygen atoms in total. The monoisotopic (exact) mass is 208 g/mol. The number of hydrogen-bond donors (Lipinski definition) is 1. The van der Waals surface area contributed by atoms with Crippen molar-refractivity contribution in [3.05, 3.63) is 34.8 Å². The Hall–Kier alpha value is -0.870. The van der Waals surface area contributed by atoms with E-state index >= 15 is 0 Å². The molecule has 13 heavy (non-hydrogen) atoms. The third-order valence-corrected chi connectivity index (χ3v) is 2.98. The van der Waals surface area contributed by atoms with Gasteiger partial charge in [-0.3, -0.25) is 4.98 Å². The topological polar surface area (TPSA) is 25.8 Å². The smallest absolute Gasteiger partial charge is 0.103 e. The fourth-order valence-corrected chi connectivity index (χ4v) is 1.96. The van der Waals surface area contributed by atoms with E-state index in [0.29, 0.717) is 5.75 Å². The molecular formula is C9H8N2S2. The van der Waals surface area contributed by atoms with E-state index in [9.17, 15) is 0 Å². The maximum atomic E-state index is 4.38. The summed E-state index contributed by atoms with van der Waals surface area (Å²) in [6.45, 7) is 0. The molecule has 0 radical (unpaired) electrons. The molecule has 2 aromatic rings. The summed E-state index contributed by atoms with van der Waals surface area (Å²) in [4.78, 5) is 8.59. The second kappa shape index (κ2) is 3.89. The van der Waals surface area contributed by atoms with E-state index in [1.54, 1.807) is 17.5 Å². The summed E-state index contributed by atoms with van der Waals surface area (Å²) in [6, 6.07) is 5.81. The number of pyridine rings is 1. The summed E-state index contributed by atoms with van der Waals surface area (Å²) in [5.41, 5.74) is 1.86. The van der Waals surface area contributed by atoms with Crippen molar-refractivity contribution in [1.29, 1.82) is 0 Å². The van der Waals surface area contributed by atoms with Crippen LogP contribution in [0.25, 0.3) is 11.4 Å². The van der Waals surface area contributed by atoms with Crippen LogP contribution in [0, 0.1) is 0 Å². The van der Waals surface area contributed by atoms with Crippen molar-refractivity contribution >= 4 is 24.0 Å². The minimum absolute atomic E-state index is 0.692. The standard InChI is InChI=1S/C9H8N2S2/c12-5-9-11-8(6-13-9)7-3-1-2-4-10-7/h1-4,6,12H,5H2. The summed E-state index contributed by atoms with van der Waals surface area (Å²) in [6.07, 6.45) is 1.77. The first-order valence-corrected chi connectivity index (χ1v) is 5.38. The van der Waals surface area contributed by atoms with Gasteiger partial charge in [0.15, 0.2) is 0 Å². The minimum atomic E-state index is 0.692. The summed E-state index contributed by atoms with van der Waals surface area (Å²) in [7, 11) is 0. The van der Waals surface area contributed by atoms with Crippen LogP contribution in [-0.4, -0.2) is 9.97 Å². The number of hydrogen-bond acceptors (Lipinski definition) is 4. The van der Waals surface area contributed by atoms with E-state index in [1.807, 2.05) is 23.6 Å². The van der Waals surface area contributed by atoms with E-state index in [2.05, 4.69) is 22.6 Å². The van der Waals surface area contributed by atoms with Gasteiger partial charge in [-0.15, -0.1) is 11.3 Å². The predicted molar refractivity (Wildman–Crippen MR) is 58.0 cm³/mol. The first-order chi connectivity index (χ1) is 6.40. The van der Waals surface area contributed by atoms with E-state index < -0.39 is 0 Å². The lowest BCUT2D eigenvalue weighted by molar-refractivity contribution is 1.23. The molecule has 4 heteroatoms. The molecule has 0 aromatic carbocycles. The van der Waals surface area contributed by atoms with Crippen molar-refractivity contribution in [2.45, 2.75) is 5.75 Å². The van der Waals surface area contributed by atoms with Gasteiger partial charge in [0.25, 0.3) is 0 Å². The first-order valence-electron chi connectivity index (χ1n) is 3.87. The van der Waals surface area contributed by atoms with Crippen molar-refractivity contribution < 1.29 is 0 Å². The maximum Gasteiger partial charge on any atom is 0.103 e. The van der Waals surface area contributed by atoms with Gasteiger partial charge in [0, 0.05) is 17.3 Å². The molecule has 0 amide bonds. The van der Waals surface area contributed by atoms with Crippen LogP contribution in [0.15, 0.2) is 29.8 Å². The van der Waals surface area contributed by atoms with E-state index in [0.717, 1.165) is 16.4 Å². The quantitative estimate of drug-likeness (QED) is 0.768. The molecule has 0 unspecified atom stereocenters. The van der Waals surface area contributed by atoms with Gasteiger partial charge in [0.2, 0.25) is 0 Å². The van der Waals surface area contributed by atoms with Crippen LogP contribution >= 0.6 is 24.0 Å². The second-order valence-corrected chi connectivity index (χ2v) is 3.76. The second-order valence-electron chi connectivity index (χ2n) is 2.50. The summed E-state index contributed by atoms with van der Waals surface area (Å²) >= 11 is 5.78. The van der Waals surface area contributed by atoms with Gasteiger partial charge in [-0.05, 0) is 12.1 Å². The zero-order valence-electron chi connectivity index (χ0n) is 6.84. The molecule has 2 aromatic heterocycles. The number of thiazole rings is 1. The van der Waals surface area contributed by atoms with Crippen LogP contribution < -0.4 is 0 Å². The first kappa shape index (κ1) is 8.72. The third kappa shape index (κ3) is 1.89. The van der Waals surface area contributed by atoms with Gasteiger partial charge in [-0.2, -0.15) is 12.6 Å². The fourth-order valence-electron chi connectivity index (χ4n) is 1.02. The van der Waals surface area contributed by atoms with Crippen LogP contribution in [0.2, 0.25) is 0 Å². The Kier molecular flexibility index (Phi) is 2.61. The third-order valence-electron chi connectivity index (χ3n) is 1.61. The number of aromatic nitrogens is 2. The summed E-state index contributed by atoms with van der Waals surface area (Å²) in [5.74, 6) is 0.692. The Morgan fingerprint density at radius 2 is 2.23 bits per heavy atom. The van der Waals surface area contributed by atoms with Gasteiger partial charge in [0.1, 0.15) is 5.01 Å². The molecule has 0 N–H and O–H groups in total. The molecule has 0 aliphatic heterocycles. The molecule has 0 fully saturated rings. The van der Waals surface area contributed by atoms with E-state index in [1.165, 1.54) is 0 Å². The Labute approximate surface area is 86.1 Å². The molecule has 0 aliphatic carbocycles. The van der Waals surface area contributed by atoms with Gasteiger partial charge in [-0.25, -0.2) is 4.98 Å². The van der Waals surface area contributed by atoms with Gasteiger partial charge < -0.3 is 0 Å². The Morgan fingerprint density at radius 3 is 2.85 bits per heavy atom. The summed E-state index contributed by atoms with van der Waals surface area (Å²) < 4.78 is 0. The van der Waals surface area contributed by atoms with Crippen molar-refractivity contribution in [2.24, 2.45) is 0 Å². The molecule has 0 saturated heterocycles. The SMILES string of the molecule is SCc1nc(-c2ccccn2)cs1. The minimum Gasteiger partial charge on any atom is -0.255 e. The normalized spacial score (nSPS) is 10.2. The maximum absolute atomic E-state index is 4.38. The van der Waals surface area contributed by atoms with Crippen LogP contribution in [-0.2, 0) is 5.75 Å². The lowest BCUT2D eigenvalue weighted by Crippen LogP contribution is -1.82. The molecule has 2 rings (SSSR count).